The maximum absolute atomic E-state index is 11.3. The van der Waals surface area contributed by atoms with Gasteiger partial charge in [0.2, 0.25) is 0 Å². The van der Waals surface area contributed by atoms with Crippen molar-refractivity contribution in [2.75, 3.05) is 18.4 Å². The van der Waals surface area contributed by atoms with E-state index in [1.54, 1.807) is 6.20 Å². The number of hydrogen-bond donors (Lipinski definition) is 3. The minimum atomic E-state index is -0.406. The highest BCUT2D eigenvalue weighted by Gasteiger charge is 2.42. The van der Waals surface area contributed by atoms with Crippen LogP contribution in [0.15, 0.2) is 36.5 Å². The van der Waals surface area contributed by atoms with Crippen LogP contribution < -0.4 is 21.1 Å². The summed E-state index contributed by atoms with van der Waals surface area (Å²) in [5, 5.41) is 7.10. The summed E-state index contributed by atoms with van der Waals surface area (Å²) in [6, 6.07) is 11.1. The first-order valence-corrected chi connectivity index (χ1v) is 12.0. The smallest absolute Gasteiger partial charge is 0.312 e. The van der Waals surface area contributed by atoms with Gasteiger partial charge in [0.05, 0.1) is 4.70 Å². The summed E-state index contributed by atoms with van der Waals surface area (Å²) in [4.78, 5) is 22.7. The number of carbonyl (C=O) groups is 1. The number of benzene rings is 1. The molecule has 5 heterocycles. The molecule has 0 saturated carbocycles. The van der Waals surface area contributed by atoms with Crippen LogP contribution in [0.3, 0.4) is 0 Å². The van der Waals surface area contributed by atoms with Crippen molar-refractivity contribution in [2.45, 2.75) is 49.7 Å². The molecule has 2 saturated heterocycles. The maximum atomic E-state index is 11.3. The molecule has 3 aliphatic rings. The largest absolute Gasteiger partial charge is 0.431 e. The van der Waals surface area contributed by atoms with Crippen LogP contribution in [0.1, 0.15) is 37.2 Å². The van der Waals surface area contributed by atoms with Gasteiger partial charge in [-0.05, 0) is 49.4 Å². The summed E-state index contributed by atoms with van der Waals surface area (Å²) in [6.45, 7) is 1.98. The zero-order valence-corrected chi connectivity index (χ0v) is 18.5. The van der Waals surface area contributed by atoms with E-state index in [2.05, 4.69) is 37.6 Å². The van der Waals surface area contributed by atoms with Crippen molar-refractivity contribution in [3.8, 4) is 10.9 Å². The Labute approximate surface area is 190 Å². The summed E-state index contributed by atoms with van der Waals surface area (Å²) < 4.78 is 7.05. The van der Waals surface area contributed by atoms with Crippen LogP contribution in [-0.4, -0.2) is 52.1 Å². The monoisotopic (exact) mass is 450 g/mol. The number of nitrogens with zero attached hydrogens (tertiary/aromatic N) is 3. The van der Waals surface area contributed by atoms with Crippen molar-refractivity contribution in [3.05, 3.63) is 42.1 Å². The number of fused-ring (bicyclic) bond motifs is 4. The lowest BCUT2D eigenvalue weighted by atomic mass is 9.94. The van der Waals surface area contributed by atoms with E-state index in [1.807, 2.05) is 18.2 Å². The fourth-order valence-electron chi connectivity index (χ4n) is 5.65. The summed E-state index contributed by atoms with van der Waals surface area (Å²) in [6.07, 6.45) is 6.15. The summed E-state index contributed by atoms with van der Waals surface area (Å²) in [5.74, 6) is 1.24. The SMILES string of the molecule is NC(=O)NC1C[C@H]2CC[C@@H](C1)N2CC1CNc2cc(Oc3nc4ncccc4s3)ccc21. The molecule has 2 amide bonds. The summed E-state index contributed by atoms with van der Waals surface area (Å²) in [5.41, 5.74) is 8.56. The van der Waals surface area contributed by atoms with Crippen molar-refractivity contribution in [2.24, 2.45) is 5.73 Å². The van der Waals surface area contributed by atoms with E-state index in [-0.39, 0.29) is 6.04 Å². The molecule has 0 spiro atoms. The molecule has 9 heteroatoms. The number of anilines is 1. The van der Waals surface area contributed by atoms with Crippen LogP contribution in [0.5, 0.6) is 10.9 Å². The zero-order chi connectivity index (χ0) is 21.7. The number of piperidine rings is 1. The van der Waals surface area contributed by atoms with E-state index < -0.39 is 6.03 Å². The Balaban J connectivity index is 1.14. The molecule has 166 valence electrons. The average molecular weight is 451 g/mol. The predicted octanol–water partition coefficient (Wildman–Crippen LogP) is 3.66. The number of urea groups is 1. The van der Waals surface area contributed by atoms with Crippen LogP contribution in [0.2, 0.25) is 0 Å². The first-order valence-electron chi connectivity index (χ1n) is 11.2. The van der Waals surface area contributed by atoms with Gasteiger partial charge in [0.1, 0.15) is 5.75 Å². The van der Waals surface area contributed by atoms with Gasteiger partial charge in [-0.3, -0.25) is 4.90 Å². The van der Waals surface area contributed by atoms with E-state index >= 15 is 0 Å². The first kappa shape index (κ1) is 19.8. The number of nitrogens with one attached hydrogen (secondary N) is 2. The third-order valence-electron chi connectivity index (χ3n) is 7.02. The second-order valence-electron chi connectivity index (χ2n) is 8.99. The van der Waals surface area contributed by atoms with Crippen LogP contribution in [-0.2, 0) is 0 Å². The normalized spacial score (nSPS) is 26.6. The highest BCUT2D eigenvalue weighted by Crippen LogP contribution is 2.41. The fourth-order valence-corrected chi connectivity index (χ4v) is 6.45. The lowest BCUT2D eigenvalue weighted by Gasteiger charge is -2.40. The van der Waals surface area contributed by atoms with Crippen molar-refractivity contribution in [3.63, 3.8) is 0 Å². The molecule has 2 unspecified atom stereocenters. The van der Waals surface area contributed by atoms with E-state index in [0.717, 1.165) is 47.7 Å². The van der Waals surface area contributed by atoms with E-state index in [1.165, 1.54) is 29.7 Å². The standard InChI is InChI=1S/C23H26N6O2S/c24-22(30)27-14-8-15-3-4-16(9-14)29(15)12-13-11-26-19-10-17(5-6-18(13)19)31-23-28-21-20(32-23)2-1-7-25-21/h1-2,5-7,10,13-16,26H,3-4,8-9,11-12H2,(H3,24,27,30)/t13?,14?,15-,16+. The highest BCUT2D eigenvalue weighted by molar-refractivity contribution is 7.20. The van der Waals surface area contributed by atoms with Gasteiger partial charge in [-0.2, -0.15) is 4.98 Å². The number of thiazole rings is 1. The molecule has 2 aromatic heterocycles. The second-order valence-corrected chi connectivity index (χ2v) is 9.99. The van der Waals surface area contributed by atoms with Crippen molar-refractivity contribution in [1.82, 2.24) is 20.2 Å². The number of rotatable bonds is 5. The first-order chi connectivity index (χ1) is 15.6. The van der Waals surface area contributed by atoms with E-state index in [9.17, 15) is 4.79 Å². The Kier molecular flexibility index (Phi) is 4.87. The Morgan fingerprint density at radius 1 is 1.28 bits per heavy atom. The molecule has 2 fully saturated rings. The second kappa shape index (κ2) is 7.90. The Bertz CT molecular complexity index is 1120. The number of amides is 2. The number of ether oxygens (including phenoxy) is 1. The molecule has 32 heavy (non-hydrogen) atoms. The highest BCUT2D eigenvalue weighted by atomic mass is 32.1. The molecule has 0 radical (unpaired) electrons. The van der Waals surface area contributed by atoms with E-state index in [4.69, 9.17) is 10.5 Å². The molecule has 3 aromatic rings. The number of carbonyl (C=O) groups excluding carboxylic acids is 1. The third-order valence-corrected chi connectivity index (χ3v) is 7.90. The van der Waals surface area contributed by atoms with Gasteiger partial charge < -0.3 is 21.1 Å². The van der Waals surface area contributed by atoms with Gasteiger partial charge in [0.15, 0.2) is 5.65 Å². The average Bonchev–Trinajstić information content (AvgIpc) is 3.42. The summed E-state index contributed by atoms with van der Waals surface area (Å²) >= 11 is 1.50. The lowest BCUT2D eigenvalue weighted by molar-refractivity contribution is 0.113. The minimum Gasteiger partial charge on any atom is -0.431 e. The molecule has 0 aliphatic carbocycles. The van der Waals surface area contributed by atoms with Crippen LogP contribution in [0, 0.1) is 0 Å². The fraction of sp³-hybridized carbons (Fsp3) is 0.435. The Morgan fingerprint density at radius 2 is 2.12 bits per heavy atom. The van der Waals surface area contributed by atoms with Gasteiger partial charge in [-0.25, -0.2) is 9.78 Å². The Morgan fingerprint density at radius 3 is 2.91 bits per heavy atom. The van der Waals surface area contributed by atoms with E-state index in [0.29, 0.717) is 23.2 Å². The van der Waals surface area contributed by atoms with Crippen molar-refractivity contribution >= 4 is 33.4 Å². The number of hydrogen-bond acceptors (Lipinski definition) is 7. The van der Waals surface area contributed by atoms with Crippen molar-refractivity contribution < 1.29 is 9.53 Å². The third kappa shape index (κ3) is 3.65. The Hall–Kier alpha value is -2.91. The number of nitrogens with two attached hydrogens (primary N) is 1. The molecular weight excluding hydrogens is 424 g/mol. The zero-order valence-electron chi connectivity index (χ0n) is 17.7. The molecule has 4 N–H and O–H groups in total. The van der Waals surface area contributed by atoms with Crippen molar-refractivity contribution in [1.29, 1.82) is 0 Å². The van der Waals surface area contributed by atoms with Crippen LogP contribution >= 0.6 is 11.3 Å². The molecular formula is C23H26N6O2S. The van der Waals surface area contributed by atoms with Gasteiger partial charge >= 0.3 is 6.03 Å². The lowest BCUT2D eigenvalue weighted by Crippen LogP contribution is -2.52. The molecule has 8 nitrogen and oxygen atoms in total. The molecule has 1 aromatic carbocycles. The van der Waals surface area contributed by atoms with Gasteiger partial charge in [-0.15, -0.1) is 0 Å². The summed E-state index contributed by atoms with van der Waals surface area (Å²) in [7, 11) is 0. The molecule has 6 rings (SSSR count). The predicted molar refractivity (Wildman–Crippen MR) is 124 cm³/mol. The molecule has 4 atom stereocenters. The number of pyridine rings is 1. The van der Waals surface area contributed by atoms with Crippen LogP contribution in [0.4, 0.5) is 10.5 Å². The molecule has 3 aliphatic heterocycles. The number of primary amides is 1. The number of aromatic nitrogens is 2. The molecule has 2 bridgehead atoms. The minimum absolute atomic E-state index is 0.215. The quantitative estimate of drug-likeness (QED) is 0.548. The topological polar surface area (TPSA) is 105 Å². The van der Waals surface area contributed by atoms with Crippen LogP contribution in [0.25, 0.3) is 10.3 Å². The van der Waals surface area contributed by atoms with Gasteiger partial charge in [-0.1, -0.05) is 17.4 Å². The van der Waals surface area contributed by atoms with Gasteiger partial charge in [0.25, 0.3) is 5.19 Å². The van der Waals surface area contributed by atoms with Gasteiger partial charge in [0, 0.05) is 55.1 Å². The maximum Gasteiger partial charge on any atom is 0.312 e.